The van der Waals surface area contributed by atoms with Crippen molar-refractivity contribution < 1.29 is 22.7 Å². The summed E-state index contributed by atoms with van der Waals surface area (Å²) in [5.74, 6) is -0.155. The molecule has 0 saturated carbocycles. The minimum atomic E-state index is -4.56. The van der Waals surface area contributed by atoms with E-state index in [1.807, 2.05) is 13.8 Å². The SMILES string of the molecule is CCCN(C(=O)c1cccc(C(F)(F)F)c1)C(CC)c1nc2ccccc2c(=O)n1CCOC. The van der Waals surface area contributed by atoms with E-state index in [0.29, 0.717) is 36.1 Å². The van der Waals surface area contributed by atoms with E-state index in [-0.39, 0.29) is 24.3 Å². The van der Waals surface area contributed by atoms with E-state index in [1.165, 1.54) is 28.7 Å². The highest BCUT2D eigenvalue weighted by Gasteiger charge is 2.33. The van der Waals surface area contributed by atoms with Gasteiger partial charge < -0.3 is 9.64 Å². The smallest absolute Gasteiger partial charge is 0.383 e. The number of methoxy groups -OCH3 is 1. The number of aromatic nitrogens is 2. The average Bonchev–Trinajstić information content (AvgIpc) is 2.83. The van der Waals surface area contributed by atoms with Crippen LogP contribution in [0.3, 0.4) is 0 Å². The van der Waals surface area contributed by atoms with Gasteiger partial charge in [-0.25, -0.2) is 4.98 Å². The Labute approximate surface area is 196 Å². The largest absolute Gasteiger partial charge is 0.416 e. The zero-order valence-electron chi connectivity index (χ0n) is 19.4. The van der Waals surface area contributed by atoms with Crippen molar-refractivity contribution in [3.05, 3.63) is 75.8 Å². The van der Waals surface area contributed by atoms with Gasteiger partial charge in [0.15, 0.2) is 0 Å². The van der Waals surface area contributed by atoms with Crippen LogP contribution in [-0.4, -0.2) is 40.6 Å². The number of fused-ring (bicyclic) bond motifs is 1. The number of nitrogens with zero attached hydrogens (tertiary/aromatic N) is 3. The molecule has 0 aliphatic rings. The molecule has 6 nitrogen and oxygen atoms in total. The van der Waals surface area contributed by atoms with Crippen molar-refractivity contribution in [3.63, 3.8) is 0 Å². The standard InChI is InChI=1S/C25H28F3N3O3/c1-4-13-30(23(32)17-9-8-10-18(16-17)25(26,27)28)21(5-2)22-29-20-12-7-6-11-19(20)24(33)31(22)14-15-34-3/h6-12,16,21H,4-5,13-15H2,1-3H3. The molecule has 0 radical (unpaired) electrons. The fourth-order valence-electron chi connectivity index (χ4n) is 4.01. The second kappa shape index (κ2) is 10.8. The van der Waals surface area contributed by atoms with Crippen molar-refractivity contribution in [1.82, 2.24) is 14.5 Å². The normalized spacial score (nSPS) is 12.6. The topological polar surface area (TPSA) is 64.4 Å². The summed E-state index contributed by atoms with van der Waals surface area (Å²) >= 11 is 0. The molecule has 0 saturated heterocycles. The average molecular weight is 476 g/mol. The molecule has 0 bridgehead atoms. The van der Waals surface area contributed by atoms with Gasteiger partial charge in [0.05, 0.1) is 35.7 Å². The van der Waals surface area contributed by atoms with Crippen LogP contribution >= 0.6 is 0 Å². The predicted molar refractivity (Wildman–Crippen MR) is 124 cm³/mol. The lowest BCUT2D eigenvalue weighted by Crippen LogP contribution is -2.39. The number of carbonyl (C=O) groups is 1. The number of ether oxygens (including phenoxy) is 1. The van der Waals surface area contributed by atoms with E-state index in [2.05, 4.69) is 0 Å². The minimum absolute atomic E-state index is 0.0618. The molecule has 34 heavy (non-hydrogen) atoms. The Morgan fingerprint density at radius 1 is 1.15 bits per heavy atom. The zero-order chi connectivity index (χ0) is 24.9. The second-order valence-electron chi connectivity index (χ2n) is 7.94. The Kier molecular flexibility index (Phi) is 8.09. The Balaban J connectivity index is 2.14. The van der Waals surface area contributed by atoms with E-state index in [0.717, 1.165) is 12.1 Å². The van der Waals surface area contributed by atoms with Crippen molar-refractivity contribution in [3.8, 4) is 0 Å². The van der Waals surface area contributed by atoms with E-state index >= 15 is 0 Å². The predicted octanol–water partition coefficient (Wildman–Crippen LogP) is 5.07. The van der Waals surface area contributed by atoms with E-state index in [9.17, 15) is 22.8 Å². The maximum Gasteiger partial charge on any atom is 0.416 e. The van der Waals surface area contributed by atoms with Crippen LogP contribution in [0.25, 0.3) is 10.9 Å². The summed E-state index contributed by atoms with van der Waals surface area (Å²) in [5, 5.41) is 0.448. The summed E-state index contributed by atoms with van der Waals surface area (Å²) in [7, 11) is 1.52. The summed E-state index contributed by atoms with van der Waals surface area (Å²) < 4.78 is 46.4. The minimum Gasteiger partial charge on any atom is -0.383 e. The van der Waals surface area contributed by atoms with Crippen molar-refractivity contribution >= 4 is 16.8 Å². The quantitative estimate of drug-likeness (QED) is 0.434. The summed E-state index contributed by atoms with van der Waals surface area (Å²) in [6.07, 6.45) is -3.56. The molecule has 3 aromatic rings. The lowest BCUT2D eigenvalue weighted by atomic mass is 10.1. The fourth-order valence-corrected chi connectivity index (χ4v) is 4.01. The second-order valence-corrected chi connectivity index (χ2v) is 7.94. The van der Waals surface area contributed by atoms with Gasteiger partial charge >= 0.3 is 6.18 Å². The van der Waals surface area contributed by atoms with E-state index in [4.69, 9.17) is 9.72 Å². The number of para-hydroxylation sites is 1. The number of amides is 1. The highest BCUT2D eigenvalue weighted by atomic mass is 19.4. The van der Waals surface area contributed by atoms with Crippen LogP contribution in [0.2, 0.25) is 0 Å². The number of rotatable bonds is 9. The number of hydrogen-bond donors (Lipinski definition) is 0. The molecule has 2 aromatic carbocycles. The molecule has 1 amide bonds. The molecular weight excluding hydrogens is 447 g/mol. The summed E-state index contributed by atoms with van der Waals surface area (Å²) in [6.45, 7) is 4.52. The molecule has 0 spiro atoms. The maximum atomic E-state index is 13.5. The van der Waals surface area contributed by atoms with Crippen LogP contribution in [-0.2, 0) is 17.5 Å². The van der Waals surface area contributed by atoms with Gasteiger partial charge in [-0.1, -0.05) is 32.0 Å². The molecule has 182 valence electrons. The first kappa shape index (κ1) is 25.4. The fraction of sp³-hybridized carbons (Fsp3) is 0.400. The van der Waals surface area contributed by atoms with Crippen molar-refractivity contribution in [2.45, 2.75) is 45.5 Å². The molecule has 1 unspecified atom stereocenters. The van der Waals surface area contributed by atoms with Crippen LogP contribution in [0.4, 0.5) is 13.2 Å². The van der Waals surface area contributed by atoms with Crippen LogP contribution in [0.15, 0.2) is 53.3 Å². The molecule has 1 atom stereocenters. The molecule has 1 heterocycles. The number of benzene rings is 2. The van der Waals surface area contributed by atoms with Gasteiger partial charge in [-0.15, -0.1) is 0 Å². The van der Waals surface area contributed by atoms with Crippen LogP contribution in [0.5, 0.6) is 0 Å². The molecule has 0 aliphatic carbocycles. The van der Waals surface area contributed by atoms with Gasteiger partial charge in [0, 0.05) is 19.2 Å². The number of alkyl halides is 3. The molecular formula is C25H28F3N3O3. The lowest BCUT2D eigenvalue weighted by Gasteiger charge is -2.32. The van der Waals surface area contributed by atoms with Crippen molar-refractivity contribution in [2.75, 3.05) is 20.3 Å². The number of halogens is 3. The number of carbonyl (C=O) groups excluding carboxylic acids is 1. The third-order valence-electron chi connectivity index (χ3n) is 5.63. The maximum absolute atomic E-state index is 13.5. The first-order valence-electron chi connectivity index (χ1n) is 11.2. The summed E-state index contributed by atoms with van der Waals surface area (Å²) in [5.41, 5.74) is -0.700. The van der Waals surface area contributed by atoms with Crippen molar-refractivity contribution in [1.29, 1.82) is 0 Å². The van der Waals surface area contributed by atoms with Gasteiger partial charge in [-0.3, -0.25) is 14.2 Å². The zero-order valence-corrected chi connectivity index (χ0v) is 19.4. The molecule has 3 rings (SSSR count). The Hall–Kier alpha value is -3.20. The Morgan fingerprint density at radius 3 is 2.53 bits per heavy atom. The van der Waals surface area contributed by atoms with Crippen molar-refractivity contribution in [2.24, 2.45) is 0 Å². The van der Waals surface area contributed by atoms with Gasteiger partial charge in [-0.2, -0.15) is 13.2 Å². The molecule has 1 aromatic heterocycles. The highest BCUT2D eigenvalue weighted by molar-refractivity contribution is 5.94. The van der Waals surface area contributed by atoms with Gasteiger partial charge in [-0.05, 0) is 43.2 Å². The van der Waals surface area contributed by atoms with Gasteiger partial charge in [0.25, 0.3) is 11.5 Å². The van der Waals surface area contributed by atoms with Gasteiger partial charge in [0.2, 0.25) is 0 Å². The Morgan fingerprint density at radius 2 is 1.88 bits per heavy atom. The van der Waals surface area contributed by atoms with E-state index in [1.54, 1.807) is 24.3 Å². The first-order chi connectivity index (χ1) is 16.2. The highest BCUT2D eigenvalue weighted by Crippen LogP contribution is 2.31. The van der Waals surface area contributed by atoms with Crippen LogP contribution in [0, 0.1) is 0 Å². The molecule has 9 heteroatoms. The third kappa shape index (κ3) is 5.30. The molecule has 0 N–H and O–H groups in total. The summed E-state index contributed by atoms with van der Waals surface area (Å²) in [6, 6.07) is 10.7. The van der Waals surface area contributed by atoms with Crippen LogP contribution < -0.4 is 5.56 Å². The third-order valence-corrected chi connectivity index (χ3v) is 5.63. The van der Waals surface area contributed by atoms with Gasteiger partial charge in [0.1, 0.15) is 5.82 Å². The number of hydrogen-bond acceptors (Lipinski definition) is 4. The molecule has 0 fully saturated rings. The summed E-state index contributed by atoms with van der Waals surface area (Å²) in [4.78, 5) is 33.0. The Bertz CT molecular complexity index is 1210. The lowest BCUT2D eigenvalue weighted by molar-refractivity contribution is -0.137. The van der Waals surface area contributed by atoms with E-state index < -0.39 is 23.7 Å². The van der Waals surface area contributed by atoms with Crippen LogP contribution in [0.1, 0.15) is 54.5 Å². The first-order valence-corrected chi connectivity index (χ1v) is 11.2. The molecule has 0 aliphatic heterocycles. The monoisotopic (exact) mass is 475 g/mol.